The Balaban J connectivity index is 2.36. The number of aromatic nitrogens is 1. The van der Waals surface area contributed by atoms with Gasteiger partial charge in [0.15, 0.2) is 0 Å². The van der Waals surface area contributed by atoms with Crippen LogP contribution in [0.1, 0.15) is 0 Å². The normalized spacial score (nSPS) is 11.3. The highest BCUT2D eigenvalue weighted by molar-refractivity contribution is 7.92. The summed E-state index contributed by atoms with van der Waals surface area (Å²) in [5.74, 6) is -0.660. The van der Waals surface area contributed by atoms with Crippen LogP contribution in [0.5, 0.6) is 0 Å². The summed E-state index contributed by atoms with van der Waals surface area (Å²) >= 11 is 5.62. The number of sulfonamides is 1. The van der Waals surface area contributed by atoms with Gasteiger partial charge in [0, 0.05) is 17.3 Å². The molecular formula is C11H8ClFN2O3S. The van der Waals surface area contributed by atoms with Crippen molar-refractivity contribution in [2.24, 2.45) is 0 Å². The monoisotopic (exact) mass is 302 g/mol. The Kier molecular flexibility index (Phi) is 3.59. The van der Waals surface area contributed by atoms with Crippen LogP contribution in [-0.2, 0) is 10.0 Å². The van der Waals surface area contributed by atoms with Crippen LogP contribution in [-0.4, -0.2) is 13.4 Å². The Morgan fingerprint density at radius 3 is 2.53 bits per heavy atom. The van der Waals surface area contributed by atoms with E-state index in [1.807, 2.05) is 0 Å². The van der Waals surface area contributed by atoms with Crippen molar-refractivity contribution in [1.82, 2.24) is 4.98 Å². The van der Waals surface area contributed by atoms with E-state index in [0.717, 1.165) is 30.5 Å². The predicted octanol–water partition coefficient (Wildman–Crippen LogP) is 1.97. The van der Waals surface area contributed by atoms with Crippen molar-refractivity contribution in [2.45, 2.75) is 4.90 Å². The van der Waals surface area contributed by atoms with Gasteiger partial charge in [-0.2, -0.15) is 0 Å². The molecule has 0 unspecified atom stereocenters. The van der Waals surface area contributed by atoms with E-state index in [-0.39, 0.29) is 15.6 Å². The van der Waals surface area contributed by atoms with Crippen LogP contribution >= 0.6 is 11.6 Å². The molecule has 0 atom stereocenters. The van der Waals surface area contributed by atoms with Crippen LogP contribution < -0.4 is 10.3 Å². The molecule has 1 aromatic carbocycles. The Hall–Kier alpha value is -1.86. The molecule has 0 saturated heterocycles. The molecule has 0 spiro atoms. The van der Waals surface area contributed by atoms with Gasteiger partial charge in [-0.05, 0) is 24.3 Å². The molecule has 19 heavy (non-hydrogen) atoms. The molecule has 8 heteroatoms. The zero-order valence-corrected chi connectivity index (χ0v) is 10.9. The Morgan fingerprint density at radius 1 is 1.21 bits per heavy atom. The lowest BCUT2D eigenvalue weighted by Gasteiger charge is -2.08. The number of hydrogen-bond acceptors (Lipinski definition) is 3. The number of anilines is 1. The van der Waals surface area contributed by atoms with Gasteiger partial charge in [0.1, 0.15) is 10.7 Å². The van der Waals surface area contributed by atoms with Crippen LogP contribution in [0.3, 0.4) is 0 Å². The Labute approximate surface area is 113 Å². The fourth-order valence-electron chi connectivity index (χ4n) is 1.39. The van der Waals surface area contributed by atoms with Gasteiger partial charge in [0.2, 0.25) is 5.56 Å². The summed E-state index contributed by atoms with van der Waals surface area (Å²) in [4.78, 5) is 13.0. The van der Waals surface area contributed by atoms with E-state index in [0.29, 0.717) is 0 Å². The molecule has 0 fully saturated rings. The molecule has 2 rings (SSSR count). The molecule has 100 valence electrons. The van der Waals surface area contributed by atoms with Gasteiger partial charge in [-0.25, -0.2) is 12.8 Å². The van der Waals surface area contributed by atoms with Gasteiger partial charge >= 0.3 is 0 Å². The van der Waals surface area contributed by atoms with E-state index in [9.17, 15) is 17.6 Å². The van der Waals surface area contributed by atoms with Gasteiger partial charge in [-0.1, -0.05) is 11.6 Å². The van der Waals surface area contributed by atoms with Gasteiger partial charge in [0.05, 0.1) is 5.69 Å². The summed E-state index contributed by atoms with van der Waals surface area (Å²) in [7, 11) is -3.91. The smallest absolute Gasteiger partial charge is 0.263 e. The largest absolute Gasteiger partial charge is 0.328 e. The average Bonchev–Trinajstić information content (AvgIpc) is 2.27. The minimum atomic E-state index is -3.91. The van der Waals surface area contributed by atoms with Gasteiger partial charge < -0.3 is 4.98 Å². The molecule has 0 saturated carbocycles. The summed E-state index contributed by atoms with van der Waals surface area (Å²) in [5, 5.41) is 0.0687. The minimum Gasteiger partial charge on any atom is -0.328 e. The predicted molar refractivity (Wildman–Crippen MR) is 69.3 cm³/mol. The van der Waals surface area contributed by atoms with Crippen LogP contribution in [0.2, 0.25) is 5.02 Å². The van der Waals surface area contributed by atoms with E-state index in [4.69, 9.17) is 11.6 Å². The molecule has 2 aromatic rings. The third kappa shape index (κ3) is 3.33. The van der Waals surface area contributed by atoms with Crippen molar-refractivity contribution in [3.05, 3.63) is 57.7 Å². The third-order valence-corrected chi connectivity index (χ3v) is 3.78. The number of benzene rings is 1. The summed E-state index contributed by atoms with van der Waals surface area (Å²) in [6, 6.07) is 5.54. The molecule has 1 aromatic heterocycles. The lowest BCUT2D eigenvalue weighted by atomic mass is 10.3. The number of nitrogens with one attached hydrogen (secondary N) is 2. The van der Waals surface area contributed by atoms with Gasteiger partial charge in [-0.3, -0.25) is 9.52 Å². The zero-order chi connectivity index (χ0) is 14.0. The quantitative estimate of drug-likeness (QED) is 0.910. The molecule has 0 radical (unpaired) electrons. The molecule has 5 nitrogen and oxygen atoms in total. The highest BCUT2D eigenvalue weighted by atomic mass is 35.5. The van der Waals surface area contributed by atoms with Crippen LogP contribution in [0.15, 0.2) is 46.2 Å². The second-order valence-electron chi connectivity index (χ2n) is 3.65. The maximum absolute atomic E-state index is 13.1. The summed E-state index contributed by atoms with van der Waals surface area (Å²) < 4.78 is 39.1. The topological polar surface area (TPSA) is 79.0 Å². The summed E-state index contributed by atoms with van der Waals surface area (Å²) in [5.41, 5.74) is -0.427. The second kappa shape index (κ2) is 5.02. The SMILES string of the molecule is O=c1ccc(S(=O)(=O)Nc2cc(F)cc(Cl)c2)c[nH]1. The average molecular weight is 303 g/mol. The number of hydrogen-bond donors (Lipinski definition) is 2. The summed E-state index contributed by atoms with van der Waals surface area (Å²) in [6.07, 6.45) is 1.05. The molecular weight excluding hydrogens is 295 g/mol. The molecule has 0 aliphatic heterocycles. The Bertz CT molecular complexity index is 733. The van der Waals surface area contributed by atoms with Crippen molar-refractivity contribution in [1.29, 1.82) is 0 Å². The molecule has 0 aliphatic carbocycles. The maximum Gasteiger partial charge on any atom is 0.263 e. The standard InChI is InChI=1S/C11H8ClFN2O3S/c12-7-3-8(13)5-9(4-7)15-19(17,18)10-1-2-11(16)14-6-10/h1-6,15H,(H,14,16). The van der Waals surface area contributed by atoms with Crippen molar-refractivity contribution < 1.29 is 12.8 Å². The lowest BCUT2D eigenvalue weighted by Crippen LogP contribution is -2.15. The molecule has 2 N–H and O–H groups in total. The van der Waals surface area contributed by atoms with E-state index >= 15 is 0 Å². The number of rotatable bonds is 3. The lowest BCUT2D eigenvalue weighted by molar-refractivity contribution is 0.600. The van der Waals surface area contributed by atoms with Crippen molar-refractivity contribution in [3.8, 4) is 0 Å². The molecule has 1 heterocycles. The van der Waals surface area contributed by atoms with Gasteiger partial charge in [-0.15, -0.1) is 0 Å². The fraction of sp³-hybridized carbons (Fsp3) is 0. The van der Waals surface area contributed by atoms with E-state index < -0.39 is 21.4 Å². The van der Waals surface area contributed by atoms with Crippen molar-refractivity contribution >= 4 is 27.3 Å². The van der Waals surface area contributed by atoms with Crippen molar-refractivity contribution in [3.63, 3.8) is 0 Å². The maximum atomic E-state index is 13.1. The first-order valence-electron chi connectivity index (χ1n) is 5.04. The zero-order valence-electron chi connectivity index (χ0n) is 9.35. The number of H-pyrrole nitrogens is 1. The molecule has 0 aliphatic rings. The number of halogens is 2. The number of aromatic amines is 1. The van der Waals surface area contributed by atoms with Crippen LogP contribution in [0.25, 0.3) is 0 Å². The van der Waals surface area contributed by atoms with Crippen molar-refractivity contribution in [2.75, 3.05) is 4.72 Å². The van der Waals surface area contributed by atoms with E-state index in [1.54, 1.807) is 0 Å². The fourth-order valence-corrected chi connectivity index (χ4v) is 2.62. The van der Waals surface area contributed by atoms with Crippen LogP contribution in [0, 0.1) is 5.82 Å². The first-order valence-corrected chi connectivity index (χ1v) is 6.90. The van der Waals surface area contributed by atoms with E-state index in [2.05, 4.69) is 9.71 Å². The minimum absolute atomic E-state index is 0.00352. The third-order valence-electron chi connectivity index (χ3n) is 2.18. The second-order valence-corrected chi connectivity index (χ2v) is 5.77. The number of pyridine rings is 1. The highest BCUT2D eigenvalue weighted by Crippen LogP contribution is 2.20. The molecule has 0 bridgehead atoms. The van der Waals surface area contributed by atoms with Gasteiger partial charge in [0.25, 0.3) is 10.0 Å². The summed E-state index contributed by atoms with van der Waals surface area (Å²) in [6.45, 7) is 0. The van der Waals surface area contributed by atoms with E-state index in [1.165, 1.54) is 6.07 Å². The first kappa shape index (κ1) is 13.6. The highest BCUT2D eigenvalue weighted by Gasteiger charge is 2.14. The molecule has 0 amide bonds. The van der Waals surface area contributed by atoms with Crippen LogP contribution in [0.4, 0.5) is 10.1 Å². The Morgan fingerprint density at radius 2 is 1.95 bits per heavy atom. The first-order chi connectivity index (χ1) is 8.87.